The normalized spacial score (nSPS) is 10.6. The van der Waals surface area contributed by atoms with Gasteiger partial charge in [-0.15, -0.1) is 0 Å². The van der Waals surface area contributed by atoms with Crippen LogP contribution in [0.3, 0.4) is 0 Å². The molecular weight excluding hydrogens is 362 g/mol. The van der Waals surface area contributed by atoms with Crippen molar-refractivity contribution in [1.82, 2.24) is 9.88 Å². The molecule has 1 N–H and O–H groups in total. The van der Waals surface area contributed by atoms with E-state index >= 15 is 0 Å². The summed E-state index contributed by atoms with van der Waals surface area (Å²) in [6.07, 6.45) is 3.38. The Balaban J connectivity index is 1.78. The molecule has 5 nitrogen and oxygen atoms in total. The van der Waals surface area contributed by atoms with E-state index in [0.29, 0.717) is 18.7 Å². The Labute approximate surface area is 172 Å². The zero-order chi connectivity index (χ0) is 20.6. The Bertz CT molecular complexity index is 942. The van der Waals surface area contributed by atoms with E-state index in [0.717, 1.165) is 22.7 Å². The van der Waals surface area contributed by atoms with Crippen molar-refractivity contribution in [3.8, 4) is 5.75 Å². The van der Waals surface area contributed by atoms with Crippen LogP contribution in [0.4, 0.5) is 11.4 Å². The number of hydrogen-bond acceptors (Lipinski definition) is 4. The molecular formula is C24H27N3O2. The highest BCUT2D eigenvalue weighted by Gasteiger charge is 2.16. The number of amides is 1. The fourth-order valence-electron chi connectivity index (χ4n) is 3.02. The number of benzene rings is 2. The van der Waals surface area contributed by atoms with Gasteiger partial charge in [-0.25, -0.2) is 0 Å². The van der Waals surface area contributed by atoms with Gasteiger partial charge in [0.15, 0.2) is 0 Å². The van der Waals surface area contributed by atoms with Crippen molar-refractivity contribution in [3.05, 3.63) is 84.2 Å². The molecule has 1 heterocycles. The number of carbonyl (C=O) groups is 1. The summed E-state index contributed by atoms with van der Waals surface area (Å²) in [7, 11) is 0. The minimum absolute atomic E-state index is 0.0424. The molecule has 0 atom stereocenters. The average molecular weight is 389 g/mol. The first-order valence-corrected chi connectivity index (χ1v) is 9.87. The molecule has 0 spiro atoms. The number of rotatable bonds is 8. The molecule has 0 aliphatic rings. The third kappa shape index (κ3) is 5.57. The molecule has 150 valence electrons. The average Bonchev–Trinajstić information content (AvgIpc) is 2.73. The maximum Gasteiger partial charge on any atom is 0.255 e. The van der Waals surface area contributed by atoms with Gasteiger partial charge in [-0.05, 0) is 44.5 Å². The first kappa shape index (κ1) is 20.4. The zero-order valence-electron chi connectivity index (χ0n) is 17.1. The predicted octanol–water partition coefficient (Wildman–Crippen LogP) is 5.27. The topological polar surface area (TPSA) is 54.5 Å². The molecule has 0 fully saturated rings. The van der Waals surface area contributed by atoms with Crippen LogP contribution in [0.5, 0.6) is 5.75 Å². The van der Waals surface area contributed by atoms with Crippen LogP contribution in [0.1, 0.15) is 36.7 Å². The second-order valence-corrected chi connectivity index (χ2v) is 7.05. The van der Waals surface area contributed by atoms with E-state index in [2.05, 4.69) is 10.3 Å². The van der Waals surface area contributed by atoms with E-state index in [1.807, 2.05) is 86.3 Å². The number of nitrogens with one attached hydrogen (secondary N) is 1. The molecule has 3 rings (SSSR count). The molecule has 0 radical (unpaired) electrons. The van der Waals surface area contributed by atoms with Gasteiger partial charge in [0.2, 0.25) is 0 Å². The number of hydrogen-bond donors (Lipinski definition) is 1. The molecule has 1 aromatic heterocycles. The van der Waals surface area contributed by atoms with Crippen molar-refractivity contribution in [2.75, 3.05) is 11.9 Å². The summed E-state index contributed by atoms with van der Waals surface area (Å²) in [5.41, 5.74) is 3.23. The van der Waals surface area contributed by atoms with E-state index in [-0.39, 0.29) is 12.0 Å². The number of anilines is 2. The first-order valence-electron chi connectivity index (χ1n) is 9.87. The maximum absolute atomic E-state index is 13.0. The number of nitrogens with zero attached hydrogens (tertiary/aromatic N) is 2. The summed E-state index contributed by atoms with van der Waals surface area (Å²) in [6, 6.07) is 19.6. The van der Waals surface area contributed by atoms with E-state index in [1.165, 1.54) is 0 Å². The highest BCUT2D eigenvalue weighted by atomic mass is 16.5. The summed E-state index contributed by atoms with van der Waals surface area (Å²) in [6.45, 7) is 7.15. The van der Waals surface area contributed by atoms with E-state index < -0.39 is 0 Å². The van der Waals surface area contributed by atoms with Gasteiger partial charge in [-0.1, -0.05) is 42.5 Å². The number of carbonyl (C=O) groups excluding carboxylic acids is 1. The minimum atomic E-state index is -0.0424. The Morgan fingerprint density at radius 3 is 2.52 bits per heavy atom. The minimum Gasteiger partial charge on any atom is -0.489 e. The summed E-state index contributed by atoms with van der Waals surface area (Å²) in [4.78, 5) is 19.1. The molecule has 3 aromatic rings. The van der Waals surface area contributed by atoms with Crippen molar-refractivity contribution in [2.24, 2.45) is 0 Å². The van der Waals surface area contributed by atoms with Crippen LogP contribution in [0, 0.1) is 0 Å². The van der Waals surface area contributed by atoms with Gasteiger partial charge in [0.05, 0.1) is 29.2 Å². The van der Waals surface area contributed by atoms with Gasteiger partial charge in [0, 0.05) is 19.3 Å². The third-order valence-corrected chi connectivity index (χ3v) is 4.40. The fraction of sp³-hybridized carbons (Fsp3) is 0.250. The van der Waals surface area contributed by atoms with Crippen LogP contribution in [0.25, 0.3) is 0 Å². The molecule has 0 unspecified atom stereocenters. The number of aromatic nitrogens is 1. The molecule has 0 saturated carbocycles. The molecule has 2 aromatic carbocycles. The van der Waals surface area contributed by atoms with Crippen LogP contribution >= 0.6 is 0 Å². The highest BCUT2D eigenvalue weighted by molar-refractivity contribution is 5.95. The molecule has 1 amide bonds. The van der Waals surface area contributed by atoms with Crippen LogP contribution < -0.4 is 10.1 Å². The van der Waals surface area contributed by atoms with Crippen molar-refractivity contribution >= 4 is 17.3 Å². The van der Waals surface area contributed by atoms with E-state index in [9.17, 15) is 4.79 Å². The van der Waals surface area contributed by atoms with Crippen molar-refractivity contribution < 1.29 is 9.53 Å². The second kappa shape index (κ2) is 9.73. The quantitative estimate of drug-likeness (QED) is 0.570. The third-order valence-electron chi connectivity index (χ3n) is 4.40. The van der Waals surface area contributed by atoms with Gasteiger partial charge in [-0.2, -0.15) is 0 Å². The molecule has 5 heteroatoms. The lowest BCUT2D eigenvalue weighted by Crippen LogP contribution is -2.30. The standard InChI is InChI=1S/C24H27N3O2/c1-4-27(17-19-10-6-5-7-11-19)24(28)20-14-21(16-25-15-20)26-22-12-8-9-13-23(22)29-18(2)3/h5-16,18,26H,4,17H2,1-3H3. The largest absolute Gasteiger partial charge is 0.489 e. The molecule has 0 saturated heterocycles. The molecule has 29 heavy (non-hydrogen) atoms. The second-order valence-electron chi connectivity index (χ2n) is 7.05. The lowest BCUT2D eigenvalue weighted by molar-refractivity contribution is 0.0752. The summed E-state index contributed by atoms with van der Waals surface area (Å²) in [5, 5.41) is 3.32. The maximum atomic E-state index is 13.0. The monoisotopic (exact) mass is 389 g/mol. The lowest BCUT2D eigenvalue weighted by atomic mass is 10.1. The van der Waals surface area contributed by atoms with Gasteiger partial charge < -0.3 is 15.0 Å². The molecule has 0 aliphatic carbocycles. The summed E-state index contributed by atoms with van der Waals surface area (Å²) in [5.74, 6) is 0.720. The van der Waals surface area contributed by atoms with Crippen LogP contribution in [-0.4, -0.2) is 28.4 Å². The SMILES string of the molecule is CCN(Cc1ccccc1)C(=O)c1cncc(Nc2ccccc2OC(C)C)c1. The lowest BCUT2D eigenvalue weighted by Gasteiger charge is -2.21. The predicted molar refractivity (Wildman–Crippen MR) is 117 cm³/mol. The molecule has 0 bridgehead atoms. The number of para-hydroxylation sites is 2. The van der Waals surface area contributed by atoms with Gasteiger partial charge in [0.1, 0.15) is 5.75 Å². The van der Waals surface area contributed by atoms with Crippen LogP contribution in [0.15, 0.2) is 73.1 Å². The van der Waals surface area contributed by atoms with Gasteiger partial charge >= 0.3 is 0 Å². The number of pyridine rings is 1. The Morgan fingerprint density at radius 1 is 1.07 bits per heavy atom. The number of ether oxygens (including phenoxy) is 1. The van der Waals surface area contributed by atoms with Crippen molar-refractivity contribution in [3.63, 3.8) is 0 Å². The summed E-state index contributed by atoms with van der Waals surface area (Å²) < 4.78 is 5.86. The van der Waals surface area contributed by atoms with E-state index in [4.69, 9.17) is 4.74 Å². The Kier molecular flexibility index (Phi) is 6.85. The van der Waals surface area contributed by atoms with Gasteiger partial charge in [-0.3, -0.25) is 9.78 Å². The van der Waals surface area contributed by atoms with Crippen LogP contribution in [0.2, 0.25) is 0 Å². The highest BCUT2D eigenvalue weighted by Crippen LogP contribution is 2.28. The van der Waals surface area contributed by atoms with Crippen LogP contribution in [-0.2, 0) is 6.54 Å². The fourth-order valence-corrected chi connectivity index (χ4v) is 3.02. The zero-order valence-corrected chi connectivity index (χ0v) is 17.1. The van der Waals surface area contributed by atoms with Crippen molar-refractivity contribution in [2.45, 2.75) is 33.4 Å². The van der Waals surface area contributed by atoms with Crippen molar-refractivity contribution in [1.29, 1.82) is 0 Å². The smallest absolute Gasteiger partial charge is 0.255 e. The summed E-state index contributed by atoms with van der Waals surface area (Å²) >= 11 is 0. The molecule has 0 aliphatic heterocycles. The Hall–Kier alpha value is -3.34. The Morgan fingerprint density at radius 2 is 1.79 bits per heavy atom. The van der Waals surface area contributed by atoms with Gasteiger partial charge in [0.25, 0.3) is 5.91 Å². The van der Waals surface area contributed by atoms with E-state index in [1.54, 1.807) is 12.4 Å². The first-order chi connectivity index (χ1) is 14.1.